The van der Waals surface area contributed by atoms with Gasteiger partial charge in [-0.15, -0.1) is 0 Å². The summed E-state index contributed by atoms with van der Waals surface area (Å²) in [6.07, 6.45) is 3.26. The average Bonchev–Trinajstić information content (AvgIpc) is 2.07. The molecule has 1 saturated carbocycles. The third-order valence-electron chi connectivity index (χ3n) is 2.86. The van der Waals surface area contributed by atoms with E-state index in [1.54, 1.807) is 0 Å². The summed E-state index contributed by atoms with van der Waals surface area (Å²) in [7, 11) is 0. The third-order valence-corrected chi connectivity index (χ3v) is 3.51. The van der Waals surface area contributed by atoms with Crippen LogP contribution in [0.3, 0.4) is 0 Å². The van der Waals surface area contributed by atoms with Crippen molar-refractivity contribution in [2.24, 2.45) is 5.92 Å². The van der Waals surface area contributed by atoms with Crippen LogP contribution in [0.5, 0.6) is 0 Å². The van der Waals surface area contributed by atoms with Crippen LogP contribution in [-0.4, -0.2) is 5.91 Å². The number of halogens is 1. The Labute approximate surface area is 98.2 Å². The molecule has 80 valence electrons. The standard InChI is InChI=1S/C12H14BrNO/c1-8-5-6-11(10(13)7-8)14-12(15)9-3-2-4-9/h5-7,9H,2-4H2,1H3,(H,14,15). The van der Waals surface area contributed by atoms with Gasteiger partial charge in [-0.25, -0.2) is 0 Å². The van der Waals surface area contributed by atoms with Crippen molar-refractivity contribution in [3.05, 3.63) is 28.2 Å². The van der Waals surface area contributed by atoms with Gasteiger partial charge in [-0.3, -0.25) is 4.79 Å². The molecule has 0 aliphatic heterocycles. The van der Waals surface area contributed by atoms with E-state index in [0.717, 1.165) is 23.0 Å². The molecule has 1 aliphatic carbocycles. The molecule has 1 aromatic carbocycles. The second-order valence-electron chi connectivity index (χ2n) is 4.10. The van der Waals surface area contributed by atoms with E-state index in [-0.39, 0.29) is 11.8 Å². The van der Waals surface area contributed by atoms with Crippen LogP contribution in [0.1, 0.15) is 24.8 Å². The summed E-state index contributed by atoms with van der Waals surface area (Å²) < 4.78 is 0.954. The number of hydrogen-bond acceptors (Lipinski definition) is 1. The van der Waals surface area contributed by atoms with Crippen molar-refractivity contribution in [2.75, 3.05) is 5.32 Å². The lowest BCUT2D eigenvalue weighted by Crippen LogP contribution is -2.28. The summed E-state index contributed by atoms with van der Waals surface area (Å²) in [4.78, 5) is 11.7. The van der Waals surface area contributed by atoms with Gasteiger partial charge in [0.25, 0.3) is 0 Å². The highest BCUT2D eigenvalue weighted by Gasteiger charge is 2.25. The zero-order valence-electron chi connectivity index (χ0n) is 8.72. The van der Waals surface area contributed by atoms with E-state index < -0.39 is 0 Å². The number of hydrogen-bond donors (Lipinski definition) is 1. The van der Waals surface area contributed by atoms with Gasteiger partial charge in [0, 0.05) is 10.4 Å². The van der Waals surface area contributed by atoms with Crippen LogP contribution in [-0.2, 0) is 4.79 Å². The number of nitrogens with one attached hydrogen (secondary N) is 1. The Bertz CT molecular complexity index is 385. The highest BCUT2D eigenvalue weighted by atomic mass is 79.9. The van der Waals surface area contributed by atoms with Gasteiger partial charge in [-0.1, -0.05) is 12.5 Å². The second-order valence-corrected chi connectivity index (χ2v) is 4.95. The average molecular weight is 268 g/mol. The molecule has 1 aromatic rings. The molecule has 0 heterocycles. The first-order valence-electron chi connectivity index (χ1n) is 5.24. The van der Waals surface area contributed by atoms with Crippen molar-refractivity contribution in [1.82, 2.24) is 0 Å². The molecular weight excluding hydrogens is 254 g/mol. The Morgan fingerprint density at radius 3 is 2.73 bits per heavy atom. The van der Waals surface area contributed by atoms with Gasteiger partial charge in [0.05, 0.1) is 5.69 Å². The van der Waals surface area contributed by atoms with E-state index in [1.807, 2.05) is 25.1 Å². The normalized spacial score (nSPS) is 15.9. The Morgan fingerprint density at radius 1 is 1.47 bits per heavy atom. The molecule has 1 N–H and O–H groups in total. The van der Waals surface area contributed by atoms with Crippen molar-refractivity contribution in [1.29, 1.82) is 0 Å². The summed E-state index contributed by atoms with van der Waals surface area (Å²) in [6.45, 7) is 2.03. The summed E-state index contributed by atoms with van der Waals surface area (Å²) in [6, 6.07) is 5.95. The number of anilines is 1. The maximum atomic E-state index is 11.7. The van der Waals surface area contributed by atoms with Crippen molar-refractivity contribution < 1.29 is 4.79 Å². The van der Waals surface area contributed by atoms with Crippen molar-refractivity contribution in [2.45, 2.75) is 26.2 Å². The zero-order chi connectivity index (χ0) is 10.8. The Balaban J connectivity index is 2.06. The molecule has 0 bridgehead atoms. The van der Waals surface area contributed by atoms with Gasteiger partial charge in [-0.05, 0) is 53.4 Å². The van der Waals surface area contributed by atoms with E-state index >= 15 is 0 Å². The van der Waals surface area contributed by atoms with Crippen LogP contribution in [0, 0.1) is 12.8 Å². The lowest BCUT2D eigenvalue weighted by molar-refractivity contribution is -0.122. The third kappa shape index (κ3) is 2.40. The quantitative estimate of drug-likeness (QED) is 0.873. The first-order chi connectivity index (χ1) is 7.16. The van der Waals surface area contributed by atoms with Crippen molar-refractivity contribution in [3.63, 3.8) is 0 Å². The molecule has 0 atom stereocenters. The second kappa shape index (κ2) is 4.35. The maximum Gasteiger partial charge on any atom is 0.227 e. The minimum Gasteiger partial charge on any atom is -0.325 e. The predicted molar refractivity (Wildman–Crippen MR) is 64.8 cm³/mol. The Morgan fingerprint density at radius 2 is 2.20 bits per heavy atom. The molecule has 0 unspecified atom stereocenters. The molecular formula is C12H14BrNO. The van der Waals surface area contributed by atoms with E-state index in [4.69, 9.17) is 0 Å². The molecule has 1 fully saturated rings. The molecule has 0 radical (unpaired) electrons. The molecule has 0 spiro atoms. The van der Waals surface area contributed by atoms with Gasteiger partial charge >= 0.3 is 0 Å². The van der Waals surface area contributed by atoms with Crippen LogP contribution < -0.4 is 5.32 Å². The maximum absolute atomic E-state index is 11.7. The van der Waals surface area contributed by atoms with Crippen LogP contribution in [0.25, 0.3) is 0 Å². The van der Waals surface area contributed by atoms with E-state index in [1.165, 1.54) is 12.0 Å². The first kappa shape index (κ1) is 10.7. The fraction of sp³-hybridized carbons (Fsp3) is 0.417. The Kier molecular flexibility index (Phi) is 3.10. The summed E-state index contributed by atoms with van der Waals surface area (Å²) >= 11 is 3.45. The molecule has 15 heavy (non-hydrogen) atoms. The van der Waals surface area contributed by atoms with Gasteiger partial charge in [0.2, 0.25) is 5.91 Å². The molecule has 0 aromatic heterocycles. The minimum absolute atomic E-state index is 0.158. The fourth-order valence-electron chi connectivity index (χ4n) is 1.63. The van der Waals surface area contributed by atoms with Crippen molar-refractivity contribution >= 4 is 27.5 Å². The van der Waals surface area contributed by atoms with Crippen LogP contribution >= 0.6 is 15.9 Å². The molecule has 3 heteroatoms. The van der Waals surface area contributed by atoms with Gasteiger partial charge < -0.3 is 5.32 Å². The molecule has 0 saturated heterocycles. The summed E-state index contributed by atoms with van der Waals surface area (Å²) in [5, 5.41) is 2.95. The van der Waals surface area contributed by atoms with Crippen molar-refractivity contribution in [3.8, 4) is 0 Å². The zero-order valence-corrected chi connectivity index (χ0v) is 10.3. The lowest BCUT2D eigenvalue weighted by atomic mass is 9.85. The molecule has 2 rings (SSSR count). The van der Waals surface area contributed by atoms with Crippen LogP contribution in [0.15, 0.2) is 22.7 Å². The Hall–Kier alpha value is -0.830. The van der Waals surface area contributed by atoms with E-state index in [0.29, 0.717) is 0 Å². The number of carbonyl (C=O) groups is 1. The van der Waals surface area contributed by atoms with E-state index in [9.17, 15) is 4.79 Å². The summed E-state index contributed by atoms with van der Waals surface area (Å²) in [5.74, 6) is 0.393. The largest absolute Gasteiger partial charge is 0.325 e. The number of amides is 1. The van der Waals surface area contributed by atoms with Gasteiger partial charge in [0.1, 0.15) is 0 Å². The summed E-state index contributed by atoms with van der Waals surface area (Å²) in [5.41, 5.74) is 2.06. The number of benzene rings is 1. The van der Waals surface area contributed by atoms with Crippen LogP contribution in [0.4, 0.5) is 5.69 Å². The number of aryl methyl sites for hydroxylation is 1. The van der Waals surface area contributed by atoms with Gasteiger partial charge in [-0.2, -0.15) is 0 Å². The molecule has 1 aliphatic rings. The topological polar surface area (TPSA) is 29.1 Å². The highest BCUT2D eigenvalue weighted by Crippen LogP contribution is 2.29. The number of carbonyl (C=O) groups excluding carboxylic acids is 1. The van der Waals surface area contributed by atoms with E-state index in [2.05, 4.69) is 21.2 Å². The fourth-order valence-corrected chi connectivity index (χ4v) is 2.22. The van der Waals surface area contributed by atoms with Gasteiger partial charge in [0.15, 0.2) is 0 Å². The molecule has 2 nitrogen and oxygen atoms in total. The first-order valence-corrected chi connectivity index (χ1v) is 6.03. The number of rotatable bonds is 2. The monoisotopic (exact) mass is 267 g/mol. The SMILES string of the molecule is Cc1ccc(NC(=O)C2CCC2)c(Br)c1. The van der Waals surface area contributed by atoms with Crippen LogP contribution in [0.2, 0.25) is 0 Å². The highest BCUT2D eigenvalue weighted by molar-refractivity contribution is 9.10. The smallest absolute Gasteiger partial charge is 0.227 e. The lowest BCUT2D eigenvalue weighted by Gasteiger charge is -2.24. The predicted octanol–water partition coefficient (Wildman–Crippen LogP) is 3.50. The minimum atomic E-state index is 0.158. The molecule has 1 amide bonds.